The Bertz CT molecular complexity index is 923. The minimum Gasteiger partial charge on any atom is -0.496 e. The van der Waals surface area contributed by atoms with Crippen LogP contribution < -0.4 is 15.4 Å². The first-order chi connectivity index (χ1) is 14.3. The molecule has 0 aliphatic heterocycles. The van der Waals surface area contributed by atoms with E-state index in [4.69, 9.17) is 9.47 Å². The maximum atomic E-state index is 12.5. The third-order valence-corrected chi connectivity index (χ3v) is 5.47. The zero-order valence-corrected chi connectivity index (χ0v) is 18.6. The highest BCUT2D eigenvalue weighted by molar-refractivity contribution is 7.18. The van der Waals surface area contributed by atoms with E-state index >= 15 is 0 Å². The third kappa shape index (κ3) is 5.58. The van der Waals surface area contributed by atoms with Crippen molar-refractivity contribution in [3.8, 4) is 5.75 Å². The molecule has 0 radical (unpaired) electrons. The number of carbonyl (C=O) groups excluding carboxylic acids is 3. The minimum atomic E-state index is -0.568. The number of hydrogen-bond acceptors (Lipinski definition) is 7. The molecule has 2 rings (SSSR count). The lowest BCUT2D eigenvalue weighted by Crippen LogP contribution is -2.28. The van der Waals surface area contributed by atoms with Crippen molar-refractivity contribution in [1.82, 2.24) is 10.2 Å². The minimum absolute atomic E-state index is 0.0220. The first-order valence-corrected chi connectivity index (χ1v) is 10.3. The van der Waals surface area contributed by atoms with Gasteiger partial charge in [-0.15, -0.1) is 11.3 Å². The summed E-state index contributed by atoms with van der Waals surface area (Å²) in [4.78, 5) is 39.1. The molecule has 2 amide bonds. The highest BCUT2D eigenvalue weighted by Crippen LogP contribution is 2.34. The molecule has 0 unspecified atom stereocenters. The van der Waals surface area contributed by atoms with Crippen LogP contribution in [-0.4, -0.2) is 57.0 Å². The molecule has 0 atom stereocenters. The molecule has 8 nitrogen and oxygen atoms in total. The standard InChI is InChI=1S/C21H27N3O5S/c1-6-29-21(27)17-13(2)18(20(26)24(3)4)30-19(17)23-16(25)12-22-11-14-9-7-8-10-15(14)28-5/h7-10,22H,6,11-12H2,1-5H3,(H,23,25). The van der Waals surface area contributed by atoms with Crippen LogP contribution in [-0.2, 0) is 16.1 Å². The number of rotatable bonds is 9. The van der Waals surface area contributed by atoms with Crippen molar-refractivity contribution in [2.75, 3.05) is 39.7 Å². The summed E-state index contributed by atoms with van der Waals surface area (Å²) >= 11 is 1.07. The number of carbonyl (C=O) groups is 3. The Morgan fingerprint density at radius 2 is 1.87 bits per heavy atom. The van der Waals surface area contributed by atoms with Gasteiger partial charge >= 0.3 is 5.97 Å². The zero-order valence-electron chi connectivity index (χ0n) is 17.8. The second-order valence-electron chi connectivity index (χ2n) is 6.64. The van der Waals surface area contributed by atoms with Gasteiger partial charge < -0.3 is 25.0 Å². The largest absolute Gasteiger partial charge is 0.496 e. The summed E-state index contributed by atoms with van der Waals surface area (Å²) in [5.41, 5.74) is 1.63. The maximum Gasteiger partial charge on any atom is 0.341 e. The lowest BCUT2D eigenvalue weighted by molar-refractivity contribution is -0.115. The predicted octanol–water partition coefficient (Wildman–Crippen LogP) is 2.67. The summed E-state index contributed by atoms with van der Waals surface area (Å²) in [6, 6.07) is 7.52. The van der Waals surface area contributed by atoms with Crippen LogP contribution >= 0.6 is 11.3 Å². The number of hydrogen-bond donors (Lipinski definition) is 2. The number of esters is 1. The second kappa shape index (κ2) is 10.7. The van der Waals surface area contributed by atoms with Gasteiger partial charge in [0.25, 0.3) is 5.91 Å². The van der Waals surface area contributed by atoms with Gasteiger partial charge in [-0.05, 0) is 25.5 Å². The number of thiophene rings is 1. The molecular formula is C21H27N3O5S. The van der Waals surface area contributed by atoms with Crippen molar-refractivity contribution in [1.29, 1.82) is 0 Å². The predicted molar refractivity (Wildman–Crippen MR) is 116 cm³/mol. The fraction of sp³-hybridized carbons (Fsp3) is 0.381. The number of para-hydroxylation sites is 1. The summed E-state index contributed by atoms with van der Waals surface area (Å²) in [6.45, 7) is 4.03. The average molecular weight is 434 g/mol. The van der Waals surface area contributed by atoms with Crippen LogP contribution in [0.2, 0.25) is 0 Å². The van der Waals surface area contributed by atoms with E-state index in [2.05, 4.69) is 10.6 Å². The summed E-state index contributed by atoms with van der Waals surface area (Å²) in [7, 11) is 4.85. The fourth-order valence-corrected chi connectivity index (χ4v) is 4.02. The van der Waals surface area contributed by atoms with E-state index < -0.39 is 5.97 Å². The van der Waals surface area contributed by atoms with Crippen molar-refractivity contribution < 1.29 is 23.9 Å². The molecule has 0 saturated carbocycles. The SMILES string of the molecule is CCOC(=O)c1c(NC(=O)CNCc2ccccc2OC)sc(C(=O)N(C)C)c1C. The molecule has 0 bridgehead atoms. The van der Waals surface area contributed by atoms with Gasteiger partial charge in [0.05, 0.1) is 30.7 Å². The second-order valence-corrected chi connectivity index (χ2v) is 7.66. The van der Waals surface area contributed by atoms with Crippen LogP contribution in [0.15, 0.2) is 24.3 Å². The molecule has 0 aliphatic carbocycles. The van der Waals surface area contributed by atoms with Crippen molar-refractivity contribution in [2.45, 2.75) is 20.4 Å². The summed E-state index contributed by atoms with van der Waals surface area (Å²) in [5, 5.41) is 6.09. The molecule has 0 aliphatic rings. The van der Waals surface area contributed by atoms with Gasteiger partial charge in [0.15, 0.2) is 0 Å². The Kier molecular flexibility index (Phi) is 8.37. The van der Waals surface area contributed by atoms with Gasteiger partial charge in [-0.1, -0.05) is 18.2 Å². The van der Waals surface area contributed by atoms with Gasteiger partial charge in [0.1, 0.15) is 10.8 Å². The molecule has 1 aromatic heterocycles. The highest BCUT2D eigenvalue weighted by atomic mass is 32.1. The summed E-state index contributed by atoms with van der Waals surface area (Å²) in [5.74, 6) is -0.407. The average Bonchev–Trinajstić information content (AvgIpc) is 3.03. The van der Waals surface area contributed by atoms with Crippen molar-refractivity contribution in [2.24, 2.45) is 0 Å². The topological polar surface area (TPSA) is 97.0 Å². The summed E-state index contributed by atoms with van der Waals surface area (Å²) < 4.78 is 10.4. The normalized spacial score (nSPS) is 10.4. The number of anilines is 1. The molecule has 9 heteroatoms. The Morgan fingerprint density at radius 3 is 2.50 bits per heavy atom. The van der Waals surface area contributed by atoms with E-state index in [0.29, 0.717) is 22.0 Å². The number of methoxy groups -OCH3 is 1. The quantitative estimate of drug-likeness (QED) is 0.590. The van der Waals surface area contributed by atoms with E-state index in [1.165, 1.54) is 4.90 Å². The zero-order chi connectivity index (χ0) is 22.3. The fourth-order valence-electron chi connectivity index (χ4n) is 2.79. The number of nitrogens with one attached hydrogen (secondary N) is 2. The third-order valence-electron chi connectivity index (χ3n) is 4.27. The van der Waals surface area contributed by atoms with Crippen LogP contribution in [0.5, 0.6) is 5.75 Å². The van der Waals surface area contributed by atoms with Crippen LogP contribution in [0.4, 0.5) is 5.00 Å². The van der Waals surface area contributed by atoms with Gasteiger partial charge in [0, 0.05) is 26.2 Å². The number of amides is 2. The van der Waals surface area contributed by atoms with E-state index in [1.807, 2.05) is 24.3 Å². The Hall–Kier alpha value is -2.91. The Morgan fingerprint density at radius 1 is 1.17 bits per heavy atom. The smallest absolute Gasteiger partial charge is 0.341 e. The first kappa shape index (κ1) is 23.4. The molecule has 2 aromatic rings. The lowest BCUT2D eigenvalue weighted by Gasteiger charge is -2.10. The van der Waals surface area contributed by atoms with E-state index in [1.54, 1.807) is 35.1 Å². The Labute approximate surface area is 180 Å². The monoisotopic (exact) mass is 433 g/mol. The van der Waals surface area contributed by atoms with Crippen LogP contribution in [0.3, 0.4) is 0 Å². The highest BCUT2D eigenvalue weighted by Gasteiger charge is 2.27. The molecule has 0 saturated heterocycles. The van der Waals surface area contributed by atoms with E-state index in [9.17, 15) is 14.4 Å². The first-order valence-electron chi connectivity index (χ1n) is 9.44. The van der Waals surface area contributed by atoms with Crippen LogP contribution in [0.25, 0.3) is 0 Å². The molecule has 30 heavy (non-hydrogen) atoms. The molecule has 0 spiro atoms. The van der Waals surface area contributed by atoms with Gasteiger partial charge in [-0.25, -0.2) is 4.79 Å². The van der Waals surface area contributed by atoms with E-state index in [0.717, 1.165) is 22.6 Å². The molecule has 2 N–H and O–H groups in total. The lowest BCUT2D eigenvalue weighted by atomic mass is 10.1. The van der Waals surface area contributed by atoms with Crippen LogP contribution in [0.1, 0.15) is 38.1 Å². The van der Waals surface area contributed by atoms with Crippen molar-refractivity contribution in [3.05, 3.63) is 45.8 Å². The van der Waals surface area contributed by atoms with Crippen LogP contribution in [0, 0.1) is 6.92 Å². The Balaban J connectivity index is 2.13. The number of nitrogens with zero attached hydrogens (tertiary/aromatic N) is 1. The van der Waals surface area contributed by atoms with Gasteiger partial charge in [0.2, 0.25) is 5.91 Å². The van der Waals surface area contributed by atoms with Gasteiger partial charge in [-0.2, -0.15) is 0 Å². The maximum absolute atomic E-state index is 12.5. The molecular weight excluding hydrogens is 406 g/mol. The molecule has 1 heterocycles. The molecule has 0 fully saturated rings. The van der Waals surface area contributed by atoms with Gasteiger partial charge in [-0.3, -0.25) is 9.59 Å². The van der Waals surface area contributed by atoms with E-state index in [-0.39, 0.29) is 30.5 Å². The molecule has 162 valence electrons. The number of benzene rings is 1. The van der Waals surface area contributed by atoms with Crippen molar-refractivity contribution in [3.63, 3.8) is 0 Å². The number of ether oxygens (including phenoxy) is 2. The van der Waals surface area contributed by atoms with Crippen molar-refractivity contribution >= 4 is 34.1 Å². The molecule has 1 aromatic carbocycles. The summed E-state index contributed by atoms with van der Waals surface area (Å²) in [6.07, 6.45) is 0.